The van der Waals surface area contributed by atoms with Crippen LogP contribution in [-0.2, 0) is 4.79 Å². The topological polar surface area (TPSA) is 17.1 Å². The Hall–Kier alpha value is -0.590. The Balaban J connectivity index is 2.34. The summed E-state index contributed by atoms with van der Waals surface area (Å²) in [6.07, 6.45) is 16.2. The van der Waals surface area contributed by atoms with Crippen molar-refractivity contribution in [1.29, 1.82) is 0 Å². The minimum atomic E-state index is 0.208. The lowest BCUT2D eigenvalue weighted by Crippen LogP contribution is -2.26. The van der Waals surface area contributed by atoms with E-state index in [1.165, 1.54) is 38.5 Å². The normalized spacial score (nSPS) is 25.6. The Morgan fingerprint density at radius 1 is 1.24 bits per heavy atom. The molecule has 1 aliphatic carbocycles. The highest BCUT2D eigenvalue weighted by Gasteiger charge is 2.31. The van der Waals surface area contributed by atoms with E-state index >= 15 is 0 Å². The van der Waals surface area contributed by atoms with E-state index in [1.807, 2.05) is 0 Å². The van der Waals surface area contributed by atoms with Gasteiger partial charge in [0.1, 0.15) is 5.78 Å². The molecular weight excluding hydrogens is 208 g/mol. The summed E-state index contributed by atoms with van der Waals surface area (Å²) in [7, 11) is 0. The third-order valence-corrected chi connectivity index (χ3v) is 4.08. The van der Waals surface area contributed by atoms with Crippen LogP contribution in [0, 0.1) is 5.41 Å². The van der Waals surface area contributed by atoms with E-state index in [4.69, 9.17) is 0 Å². The fourth-order valence-electron chi connectivity index (χ4n) is 2.79. The van der Waals surface area contributed by atoms with Crippen molar-refractivity contribution in [2.45, 2.75) is 78.1 Å². The lowest BCUT2D eigenvalue weighted by Gasteiger charge is -2.32. The predicted molar refractivity (Wildman–Crippen MR) is 74.1 cm³/mol. The van der Waals surface area contributed by atoms with Crippen molar-refractivity contribution in [2.24, 2.45) is 5.41 Å². The van der Waals surface area contributed by atoms with Gasteiger partial charge in [0.2, 0.25) is 0 Å². The zero-order valence-corrected chi connectivity index (χ0v) is 11.6. The second-order valence-corrected chi connectivity index (χ2v) is 5.54. The van der Waals surface area contributed by atoms with Gasteiger partial charge in [-0.1, -0.05) is 45.3 Å². The van der Waals surface area contributed by atoms with Gasteiger partial charge in [-0.3, -0.25) is 4.79 Å². The number of unbranched alkanes of at least 4 members (excludes halogenated alkanes) is 4. The smallest absolute Gasteiger partial charge is 0.133 e. The Kier molecular flexibility index (Phi) is 6.54. The van der Waals surface area contributed by atoms with Crippen LogP contribution < -0.4 is 0 Å². The number of hydrogen-bond acceptors (Lipinski definition) is 1. The minimum absolute atomic E-state index is 0.208. The first kappa shape index (κ1) is 14.5. The fourth-order valence-corrected chi connectivity index (χ4v) is 2.79. The molecule has 0 heterocycles. The monoisotopic (exact) mass is 236 g/mol. The average Bonchev–Trinajstić information content (AvgIpc) is 2.34. The molecule has 0 amide bonds. The number of carbonyl (C=O) groups is 1. The van der Waals surface area contributed by atoms with Crippen LogP contribution in [0.5, 0.6) is 0 Å². The molecule has 0 saturated heterocycles. The van der Waals surface area contributed by atoms with Crippen LogP contribution in [0.2, 0.25) is 0 Å². The quantitative estimate of drug-likeness (QED) is 0.446. The highest BCUT2D eigenvalue weighted by atomic mass is 16.1. The molecule has 1 aliphatic rings. The van der Waals surface area contributed by atoms with Crippen LogP contribution in [-0.4, -0.2) is 5.78 Å². The Bertz CT molecular complexity index is 254. The summed E-state index contributed by atoms with van der Waals surface area (Å²) in [5.74, 6) is 0.466. The van der Waals surface area contributed by atoms with Gasteiger partial charge in [-0.2, -0.15) is 0 Å². The molecule has 0 unspecified atom stereocenters. The number of hydrogen-bond donors (Lipinski definition) is 0. The lowest BCUT2D eigenvalue weighted by molar-refractivity contribution is -0.122. The van der Waals surface area contributed by atoms with E-state index in [-0.39, 0.29) is 5.41 Å². The molecule has 1 heteroatoms. The molecule has 0 N–H and O–H groups in total. The number of ketones is 1. The highest BCUT2D eigenvalue weighted by molar-refractivity contribution is 5.80. The summed E-state index contributed by atoms with van der Waals surface area (Å²) in [4.78, 5) is 11.6. The van der Waals surface area contributed by atoms with Crippen molar-refractivity contribution in [3.8, 4) is 0 Å². The SMILES string of the molecule is CCCCCC/C=C/[C@@]1(CC)CCCC(=O)C1. The Morgan fingerprint density at radius 3 is 2.71 bits per heavy atom. The molecule has 0 aromatic heterocycles. The van der Waals surface area contributed by atoms with Crippen LogP contribution in [0.25, 0.3) is 0 Å². The summed E-state index contributed by atoms with van der Waals surface area (Å²) in [5.41, 5.74) is 0.208. The zero-order valence-electron chi connectivity index (χ0n) is 11.6. The molecule has 0 aromatic rings. The molecule has 1 nitrogen and oxygen atoms in total. The van der Waals surface area contributed by atoms with Crippen molar-refractivity contribution in [3.05, 3.63) is 12.2 Å². The van der Waals surface area contributed by atoms with Crippen LogP contribution >= 0.6 is 0 Å². The molecule has 0 spiro atoms. The minimum Gasteiger partial charge on any atom is -0.300 e. The summed E-state index contributed by atoms with van der Waals surface area (Å²) in [6.45, 7) is 4.47. The summed E-state index contributed by atoms with van der Waals surface area (Å²) >= 11 is 0. The summed E-state index contributed by atoms with van der Waals surface area (Å²) < 4.78 is 0. The van der Waals surface area contributed by atoms with Gasteiger partial charge >= 0.3 is 0 Å². The van der Waals surface area contributed by atoms with Gasteiger partial charge in [0.15, 0.2) is 0 Å². The Labute approximate surface area is 107 Å². The molecule has 0 aliphatic heterocycles. The molecular formula is C16H28O. The van der Waals surface area contributed by atoms with Crippen LogP contribution in [0.1, 0.15) is 78.1 Å². The van der Waals surface area contributed by atoms with Gasteiger partial charge in [-0.05, 0) is 37.5 Å². The lowest BCUT2D eigenvalue weighted by atomic mass is 9.71. The van der Waals surface area contributed by atoms with E-state index in [0.717, 1.165) is 25.7 Å². The highest BCUT2D eigenvalue weighted by Crippen LogP contribution is 2.39. The van der Waals surface area contributed by atoms with E-state index in [1.54, 1.807) is 0 Å². The van der Waals surface area contributed by atoms with Crippen molar-refractivity contribution in [1.82, 2.24) is 0 Å². The fraction of sp³-hybridized carbons (Fsp3) is 0.812. The molecule has 0 aromatic carbocycles. The van der Waals surface area contributed by atoms with Crippen LogP contribution in [0.3, 0.4) is 0 Å². The van der Waals surface area contributed by atoms with Gasteiger partial charge in [0.25, 0.3) is 0 Å². The van der Waals surface area contributed by atoms with Gasteiger partial charge in [0.05, 0.1) is 0 Å². The maximum absolute atomic E-state index is 11.6. The van der Waals surface area contributed by atoms with Gasteiger partial charge in [-0.25, -0.2) is 0 Å². The largest absolute Gasteiger partial charge is 0.300 e. The van der Waals surface area contributed by atoms with Crippen molar-refractivity contribution in [3.63, 3.8) is 0 Å². The maximum Gasteiger partial charge on any atom is 0.133 e. The van der Waals surface area contributed by atoms with Crippen LogP contribution in [0.4, 0.5) is 0 Å². The standard InChI is InChI=1S/C16H28O/c1-3-5-6-7-8-9-12-16(4-2)13-10-11-15(17)14-16/h9,12H,3-8,10-11,13-14H2,1-2H3/b12-9+/t16-/m0/s1. The van der Waals surface area contributed by atoms with E-state index in [9.17, 15) is 4.79 Å². The number of allylic oxidation sites excluding steroid dienone is 2. The first-order valence-electron chi connectivity index (χ1n) is 7.42. The molecule has 0 bridgehead atoms. The van der Waals surface area contributed by atoms with Gasteiger partial charge < -0.3 is 0 Å². The van der Waals surface area contributed by atoms with Crippen molar-refractivity contribution in [2.75, 3.05) is 0 Å². The van der Waals surface area contributed by atoms with Gasteiger partial charge in [0, 0.05) is 12.8 Å². The van der Waals surface area contributed by atoms with Crippen LogP contribution in [0.15, 0.2) is 12.2 Å². The second-order valence-electron chi connectivity index (χ2n) is 5.54. The first-order valence-corrected chi connectivity index (χ1v) is 7.42. The number of rotatable bonds is 7. The van der Waals surface area contributed by atoms with E-state index in [2.05, 4.69) is 26.0 Å². The molecule has 1 saturated carbocycles. The van der Waals surface area contributed by atoms with Crippen molar-refractivity contribution >= 4 is 5.78 Å². The third-order valence-electron chi connectivity index (χ3n) is 4.08. The maximum atomic E-state index is 11.6. The second kappa shape index (κ2) is 7.68. The first-order chi connectivity index (χ1) is 8.22. The summed E-state index contributed by atoms with van der Waals surface area (Å²) in [6, 6.07) is 0. The molecule has 17 heavy (non-hydrogen) atoms. The molecule has 1 rings (SSSR count). The molecule has 0 radical (unpaired) electrons. The Morgan fingerprint density at radius 2 is 2.06 bits per heavy atom. The molecule has 1 atom stereocenters. The average molecular weight is 236 g/mol. The van der Waals surface area contributed by atoms with Crippen molar-refractivity contribution < 1.29 is 4.79 Å². The number of Topliss-reactive ketones (excluding diaryl/α,β-unsaturated/α-hetero) is 1. The number of carbonyl (C=O) groups excluding carboxylic acids is 1. The predicted octanol–water partition coefficient (Wildman–Crippen LogP) is 5.05. The van der Waals surface area contributed by atoms with E-state index < -0.39 is 0 Å². The summed E-state index contributed by atoms with van der Waals surface area (Å²) in [5, 5.41) is 0. The van der Waals surface area contributed by atoms with E-state index in [0.29, 0.717) is 5.78 Å². The third kappa shape index (κ3) is 5.06. The molecule has 1 fully saturated rings. The van der Waals surface area contributed by atoms with Gasteiger partial charge in [-0.15, -0.1) is 0 Å². The molecule has 98 valence electrons. The zero-order chi connectivity index (χ0) is 12.6.